The summed E-state index contributed by atoms with van der Waals surface area (Å²) in [5, 5.41) is 0. The zero-order valence-electron chi connectivity index (χ0n) is 11.3. The number of ketones is 1. The quantitative estimate of drug-likeness (QED) is 0.439. The number of ether oxygens (including phenoxy) is 2. The molecule has 0 fully saturated rings. The second kappa shape index (κ2) is 8.91. The van der Waals surface area contributed by atoms with Crippen LogP contribution >= 0.6 is 0 Å². The third-order valence-corrected chi connectivity index (χ3v) is 2.90. The van der Waals surface area contributed by atoms with E-state index < -0.39 is 0 Å². The summed E-state index contributed by atoms with van der Waals surface area (Å²) in [6.07, 6.45) is 8.34. The number of carbonyl (C=O) groups excluding carboxylic acids is 1. The van der Waals surface area contributed by atoms with Gasteiger partial charge in [-0.15, -0.1) is 0 Å². The Hall–Kier alpha value is -1.11. The lowest BCUT2D eigenvalue weighted by Crippen LogP contribution is -2.12. The van der Waals surface area contributed by atoms with E-state index in [1.807, 2.05) is 13.0 Å². The van der Waals surface area contributed by atoms with Gasteiger partial charge in [0.2, 0.25) is 0 Å². The maximum absolute atomic E-state index is 11.7. The first-order valence-corrected chi connectivity index (χ1v) is 6.52. The Morgan fingerprint density at radius 2 is 2.28 bits per heavy atom. The lowest BCUT2D eigenvalue weighted by atomic mass is 10.00. The Morgan fingerprint density at radius 1 is 1.44 bits per heavy atom. The number of rotatable bonds is 3. The van der Waals surface area contributed by atoms with Gasteiger partial charge in [0.1, 0.15) is 12.6 Å². The van der Waals surface area contributed by atoms with E-state index in [9.17, 15) is 4.79 Å². The average Bonchev–Trinajstić information content (AvgIpc) is 2.37. The molecule has 2 unspecified atom stereocenters. The standard InChI is InChI=1S/C15H22O3/c1-13-8-7-10-14(18-12-17-2)9-5-3-4-6-11-15(13)16/h5,9,13-14H,3-4,6,10-12H2,1-2H3/b9-5-. The molecule has 0 aromatic heterocycles. The number of methoxy groups -OCH3 is 1. The SMILES string of the molecule is COCOC1/C=C\CCCCC(=O)C(C)C#CC1. The summed E-state index contributed by atoms with van der Waals surface area (Å²) in [6.45, 7) is 2.15. The summed E-state index contributed by atoms with van der Waals surface area (Å²) in [5.74, 6) is 6.14. The highest BCUT2D eigenvalue weighted by molar-refractivity contribution is 5.83. The molecular weight excluding hydrogens is 228 g/mol. The molecule has 0 aromatic rings. The van der Waals surface area contributed by atoms with Crippen LogP contribution in [0.1, 0.15) is 39.0 Å². The Labute approximate surface area is 110 Å². The molecular formula is C15H22O3. The Morgan fingerprint density at radius 3 is 3.06 bits per heavy atom. The number of hydrogen-bond acceptors (Lipinski definition) is 3. The molecule has 0 amide bonds. The molecule has 100 valence electrons. The Balaban J connectivity index is 2.61. The molecule has 1 aliphatic rings. The summed E-state index contributed by atoms with van der Waals surface area (Å²) in [4.78, 5) is 11.7. The minimum Gasteiger partial charge on any atom is -0.359 e. The highest BCUT2D eigenvalue weighted by Gasteiger charge is 2.10. The van der Waals surface area contributed by atoms with Crippen LogP contribution in [0.25, 0.3) is 0 Å². The van der Waals surface area contributed by atoms with Gasteiger partial charge in [-0.1, -0.05) is 24.0 Å². The van der Waals surface area contributed by atoms with Crippen LogP contribution in [0.2, 0.25) is 0 Å². The number of Topliss-reactive ketones (excluding diaryl/α,β-unsaturated/α-hetero) is 1. The highest BCUT2D eigenvalue weighted by Crippen LogP contribution is 2.10. The largest absolute Gasteiger partial charge is 0.359 e. The van der Waals surface area contributed by atoms with Crippen molar-refractivity contribution < 1.29 is 14.3 Å². The van der Waals surface area contributed by atoms with Crippen molar-refractivity contribution in [2.75, 3.05) is 13.9 Å². The van der Waals surface area contributed by atoms with Crippen LogP contribution in [0.15, 0.2) is 12.2 Å². The zero-order chi connectivity index (χ0) is 13.2. The smallest absolute Gasteiger partial charge is 0.147 e. The third kappa shape index (κ3) is 6.00. The molecule has 0 radical (unpaired) electrons. The average molecular weight is 250 g/mol. The van der Waals surface area contributed by atoms with Gasteiger partial charge in [-0.2, -0.15) is 0 Å². The highest BCUT2D eigenvalue weighted by atomic mass is 16.7. The van der Waals surface area contributed by atoms with Gasteiger partial charge in [-0.3, -0.25) is 4.79 Å². The lowest BCUT2D eigenvalue weighted by molar-refractivity contribution is -0.120. The molecule has 3 nitrogen and oxygen atoms in total. The lowest BCUT2D eigenvalue weighted by Gasteiger charge is -2.11. The molecule has 3 heteroatoms. The van der Waals surface area contributed by atoms with Crippen LogP contribution < -0.4 is 0 Å². The second-order valence-corrected chi connectivity index (χ2v) is 4.50. The normalized spacial score (nSPS) is 27.6. The molecule has 0 heterocycles. The van der Waals surface area contributed by atoms with E-state index in [2.05, 4.69) is 17.9 Å². The maximum atomic E-state index is 11.7. The Bertz CT molecular complexity index is 335. The fourth-order valence-electron chi connectivity index (χ4n) is 1.76. The molecule has 0 bridgehead atoms. The van der Waals surface area contributed by atoms with Gasteiger partial charge >= 0.3 is 0 Å². The van der Waals surface area contributed by atoms with Crippen LogP contribution in [0.3, 0.4) is 0 Å². The van der Waals surface area contributed by atoms with E-state index >= 15 is 0 Å². The monoisotopic (exact) mass is 250 g/mol. The topological polar surface area (TPSA) is 35.5 Å². The van der Waals surface area contributed by atoms with Crippen LogP contribution in [0, 0.1) is 17.8 Å². The van der Waals surface area contributed by atoms with Crippen LogP contribution in [-0.2, 0) is 14.3 Å². The summed E-state index contributed by atoms with van der Waals surface area (Å²) in [5.41, 5.74) is 0. The third-order valence-electron chi connectivity index (χ3n) is 2.90. The number of carbonyl (C=O) groups is 1. The van der Waals surface area contributed by atoms with Crippen molar-refractivity contribution >= 4 is 5.78 Å². The molecule has 0 spiro atoms. The number of hydrogen-bond donors (Lipinski definition) is 0. The van der Waals surface area contributed by atoms with Crippen molar-refractivity contribution in [1.82, 2.24) is 0 Å². The maximum Gasteiger partial charge on any atom is 0.147 e. The van der Waals surface area contributed by atoms with E-state index in [1.54, 1.807) is 7.11 Å². The molecule has 0 saturated heterocycles. The van der Waals surface area contributed by atoms with E-state index in [0.717, 1.165) is 19.3 Å². The van der Waals surface area contributed by atoms with Crippen LogP contribution in [0.4, 0.5) is 0 Å². The summed E-state index contributed by atoms with van der Waals surface area (Å²) in [7, 11) is 1.60. The van der Waals surface area contributed by atoms with Crippen molar-refractivity contribution in [2.24, 2.45) is 5.92 Å². The van der Waals surface area contributed by atoms with E-state index in [1.165, 1.54) is 0 Å². The van der Waals surface area contributed by atoms with Gasteiger partial charge in [-0.25, -0.2) is 0 Å². The van der Waals surface area contributed by atoms with Gasteiger partial charge in [0.25, 0.3) is 0 Å². The van der Waals surface area contributed by atoms with E-state index in [4.69, 9.17) is 9.47 Å². The minimum atomic E-state index is -0.156. The zero-order valence-corrected chi connectivity index (χ0v) is 11.3. The fraction of sp³-hybridized carbons (Fsp3) is 0.667. The Kier molecular flexibility index (Phi) is 7.40. The van der Waals surface area contributed by atoms with Gasteiger partial charge in [0, 0.05) is 20.0 Å². The van der Waals surface area contributed by atoms with Crippen molar-refractivity contribution in [3.8, 4) is 11.8 Å². The molecule has 0 aliphatic heterocycles. The fourth-order valence-corrected chi connectivity index (χ4v) is 1.76. The van der Waals surface area contributed by atoms with Crippen molar-refractivity contribution in [1.29, 1.82) is 0 Å². The molecule has 0 saturated carbocycles. The minimum absolute atomic E-state index is 0.0424. The molecule has 1 aliphatic carbocycles. The summed E-state index contributed by atoms with van der Waals surface area (Å²) in [6, 6.07) is 0. The molecule has 1 rings (SSSR count). The van der Waals surface area contributed by atoms with Crippen molar-refractivity contribution in [3.63, 3.8) is 0 Å². The second-order valence-electron chi connectivity index (χ2n) is 4.50. The first-order valence-electron chi connectivity index (χ1n) is 6.52. The van der Waals surface area contributed by atoms with E-state index in [-0.39, 0.29) is 24.6 Å². The molecule has 18 heavy (non-hydrogen) atoms. The van der Waals surface area contributed by atoms with Gasteiger partial charge in [-0.05, 0) is 26.2 Å². The van der Waals surface area contributed by atoms with Gasteiger partial charge in [0.15, 0.2) is 0 Å². The predicted molar refractivity (Wildman–Crippen MR) is 70.9 cm³/mol. The van der Waals surface area contributed by atoms with Crippen molar-refractivity contribution in [3.05, 3.63) is 12.2 Å². The van der Waals surface area contributed by atoms with Crippen LogP contribution in [-0.4, -0.2) is 25.8 Å². The number of allylic oxidation sites excluding steroid dienone is 1. The predicted octanol–water partition coefficient (Wildman–Crippen LogP) is 2.70. The van der Waals surface area contributed by atoms with Crippen molar-refractivity contribution in [2.45, 2.75) is 45.1 Å². The van der Waals surface area contributed by atoms with Crippen LogP contribution in [0.5, 0.6) is 0 Å². The molecule has 0 N–H and O–H groups in total. The molecule has 0 aromatic carbocycles. The summed E-state index contributed by atoms with van der Waals surface area (Å²) < 4.78 is 10.4. The van der Waals surface area contributed by atoms with Gasteiger partial charge in [0.05, 0.1) is 12.0 Å². The first kappa shape index (κ1) is 14.9. The van der Waals surface area contributed by atoms with E-state index in [0.29, 0.717) is 12.8 Å². The first-order chi connectivity index (χ1) is 8.74. The molecule has 2 atom stereocenters. The van der Waals surface area contributed by atoms with Gasteiger partial charge < -0.3 is 9.47 Å². The summed E-state index contributed by atoms with van der Waals surface area (Å²) >= 11 is 0.